The van der Waals surface area contributed by atoms with Crippen LogP contribution in [0, 0.1) is 6.92 Å². The third-order valence-electron chi connectivity index (χ3n) is 3.17. The maximum absolute atomic E-state index is 12.2. The SMILES string of the molecule is CCOCOC(=O)c1ccccc1Nc1c(Cl)ccc(C)c1Cl.[MgH2]. The second kappa shape index (κ2) is 10.1. The summed E-state index contributed by atoms with van der Waals surface area (Å²) >= 11 is 12.5. The van der Waals surface area contributed by atoms with Crippen LogP contribution in [0.25, 0.3) is 0 Å². The number of benzene rings is 2. The second-order valence-electron chi connectivity index (χ2n) is 4.77. The van der Waals surface area contributed by atoms with Crippen LogP contribution in [0.15, 0.2) is 36.4 Å². The lowest BCUT2D eigenvalue weighted by Gasteiger charge is -2.15. The number of nitrogens with one attached hydrogen (secondary N) is 1. The number of rotatable bonds is 6. The van der Waals surface area contributed by atoms with Gasteiger partial charge in [-0.3, -0.25) is 0 Å². The number of halogens is 2. The van der Waals surface area contributed by atoms with E-state index < -0.39 is 5.97 Å². The molecule has 0 unspecified atom stereocenters. The van der Waals surface area contributed by atoms with Crippen LogP contribution in [0.1, 0.15) is 22.8 Å². The first-order chi connectivity index (χ1) is 11.0. The minimum Gasteiger partial charge on any atom is -0.435 e. The first kappa shape index (κ1) is 21.1. The zero-order chi connectivity index (χ0) is 16.8. The first-order valence-electron chi connectivity index (χ1n) is 7.10. The second-order valence-corrected chi connectivity index (χ2v) is 5.55. The fourth-order valence-electron chi connectivity index (χ4n) is 1.93. The van der Waals surface area contributed by atoms with Gasteiger partial charge in [-0.25, -0.2) is 4.79 Å². The van der Waals surface area contributed by atoms with Crippen molar-refractivity contribution in [3.63, 3.8) is 0 Å². The summed E-state index contributed by atoms with van der Waals surface area (Å²) in [5.41, 5.74) is 2.37. The highest BCUT2D eigenvalue weighted by Crippen LogP contribution is 2.36. The fraction of sp³-hybridized carbons (Fsp3) is 0.235. The smallest absolute Gasteiger partial charge is 0.342 e. The van der Waals surface area contributed by atoms with Gasteiger partial charge < -0.3 is 14.8 Å². The van der Waals surface area contributed by atoms with Crippen molar-refractivity contribution in [3.8, 4) is 0 Å². The normalized spacial score (nSPS) is 10.0. The Hall–Kier alpha value is -0.984. The van der Waals surface area contributed by atoms with E-state index in [-0.39, 0.29) is 29.8 Å². The molecule has 0 saturated carbocycles. The van der Waals surface area contributed by atoms with E-state index in [9.17, 15) is 4.79 Å². The lowest BCUT2D eigenvalue weighted by atomic mass is 10.1. The van der Waals surface area contributed by atoms with Crippen molar-refractivity contribution in [1.29, 1.82) is 0 Å². The van der Waals surface area contributed by atoms with Crippen molar-refractivity contribution in [1.82, 2.24) is 0 Å². The molecule has 0 aliphatic carbocycles. The molecule has 24 heavy (non-hydrogen) atoms. The van der Waals surface area contributed by atoms with Crippen molar-refractivity contribution in [2.24, 2.45) is 0 Å². The van der Waals surface area contributed by atoms with E-state index >= 15 is 0 Å². The number of hydrogen-bond donors (Lipinski definition) is 1. The third-order valence-corrected chi connectivity index (χ3v) is 3.97. The quantitative estimate of drug-likeness (QED) is 0.352. The zero-order valence-electron chi connectivity index (χ0n) is 12.9. The van der Waals surface area contributed by atoms with Gasteiger partial charge in [0.25, 0.3) is 0 Å². The zero-order valence-corrected chi connectivity index (χ0v) is 14.4. The van der Waals surface area contributed by atoms with Gasteiger partial charge in [-0.1, -0.05) is 41.4 Å². The molecular formula is C17H19Cl2MgNO3. The van der Waals surface area contributed by atoms with Crippen LogP contribution in [-0.4, -0.2) is 42.4 Å². The van der Waals surface area contributed by atoms with Gasteiger partial charge in [0.05, 0.1) is 27.0 Å². The molecule has 0 aliphatic heterocycles. The Kier molecular flexibility index (Phi) is 8.87. The number of hydrogen-bond acceptors (Lipinski definition) is 4. The molecule has 0 aromatic heterocycles. The van der Waals surface area contributed by atoms with Gasteiger partial charge in [0.1, 0.15) is 0 Å². The van der Waals surface area contributed by atoms with Crippen molar-refractivity contribution in [2.45, 2.75) is 13.8 Å². The van der Waals surface area contributed by atoms with E-state index in [1.807, 2.05) is 19.9 Å². The molecule has 0 atom stereocenters. The van der Waals surface area contributed by atoms with Crippen molar-refractivity contribution < 1.29 is 14.3 Å². The lowest BCUT2D eigenvalue weighted by Crippen LogP contribution is -2.11. The van der Waals surface area contributed by atoms with Gasteiger partial charge in [0.2, 0.25) is 0 Å². The predicted molar refractivity (Wildman–Crippen MR) is 101 cm³/mol. The van der Waals surface area contributed by atoms with Crippen LogP contribution in [0.4, 0.5) is 11.4 Å². The molecule has 0 bridgehead atoms. The third kappa shape index (κ3) is 5.26. The molecule has 1 N–H and O–H groups in total. The van der Waals surface area contributed by atoms with Crippen LogP contribution < -0.4 is 5.32 Å². The van der Waals surface area contributed by atoms with Crippen molar-refractivity contribution in [2.75, 3.05) is 18.7 Å². The summed E-state index contributed by atoms with van der Waals surface area (Å²) in [7, 11) is 0. The average molecular weight is 381 g/mol. The maximum Gasteiger partial charge on any atom is 0.342 e. The van der Waals surface area contributed by atoms with E-state index in [1.165, 1.54) is 0 Å². The Labute approximate surface area is 167 Å². The van der Waals surface area contributed by atoms with Crippen molar-refractivity contribution in [3.05, 3.63) is 57.6 Å². The molecule has 7 heteroatoms. The average Bonchev–Trinajstić information content (AvgIpc) is 2.55. The summed E-state index contributed by atoms with van der Waals surface area (Å²) in [5.74, 6) is -0.485. The van der Waals surface area contributed by atoms with Gasteiger partial charge in [0, 0.05) is 6.61 Å². The number of carbonyl (C=O) groups excluding carboxylic acids is 1. The Morgan fingerprint density at radius 1 is 1.17 bits per heavy atom. The molecule has 126 valence electrons. The molecule has 0 spiro atoms. The maximum atomic E-state index is 12.2. The molecule has 0 amide bonds. The minimum absolute atomic E-state index is 0. The number of aryl methyl sites for hydroxylation is 1. The summed E-state index contributed by atoms with van der Waals surface area (Å²) in [6.45, 7) is 4.09. The summed E-state index contributed by atoms with van der Waals surface area (Å²) in [6.07, 6.45) is 0. The monoisotopic (exact) mass is 379 g/mol. The van der Waals surface area contributed by atoms with Crippen LogP contribution >= 0.6 is 23.2 Å². The number of anilines is 2. The van der Waals surface area contributed by atoms with E-state index in [0.717, 1.165) is 5.56 Å². The predicted octanol–water partition coefficient (Wildman–Crippen LogP) is 4.28. The van der Waals surface area contributed by atoms with E-state index in [0.29, 0.717) is 33.6 Å². The number of para-hydroxylation sites is 1. The Morgan fingerprint density at radius 3 is 2.58 bits per heavy atom. The number of ether oxygens (including phenoxy) is 2. The summed E-state index contributed by atoms with van der Waals surface area (Å²) < 4.78 is 10.1. The van der Waals surface area contributed by atoms with Gasteiger partial charge in [-0.05, 0) is 37.6 Å². The molecule has 4 nitrogen and oxygen atoms in total. The Balaban J connectivity index is 0.00000288. The largest absolute Gasteiger partial charge is 0.435 e. The Bertz CT molecular complexity index is 710. The summed E-state index contributed by atoms with van der Waals surface area (Å²) in [6, 6.07) is 10.6. The highest BCUT2D eigenvalue weighted by atomic mass is 35.5. The van der Waals surface area contributed by atoms with Crippen LogP contribution in [0.5, 0.6) is 0 Å². The lowest BCUT2D eigenvalue weighted by molar-refractivity contribution is -0.0273. The number of esters is 1. The van der Waals surface area contributed by atoms with Gasteiger partial charge in [-0.15, -0.1) is 0 Å². The summed E-state index contributed by atoms with van der Waals surface area (Å²) in [5, 5.41) is 4.10. The van der Waals surface area contributed by atoms with Crippen LogP contribution in [0.3, 0.4) is 0 Å². The molecule has 0 saturated heterocycles. The molecular weight excluding hydrogens is 361 g/mol. The topological polar surface area (TPSA) is 47.6 Å². The van der Waals surface area contributed by atoms with Gasteiger partial charge in [-0.2, -0.15) is 0 Å². The first-order valence-corrected chi connectivity index (χ1v) is 7.85. The van der Waals surface area contributed by atoms with E-state index in [4.69, 9.17) is 32.7 Å². The molecule has 0 radical (unpaired) electrons. The van der Waals surface area contributed by atoms with E-state index in [1.54, 1.807) is 30.3 Å². The van der Waals surface area contributed by atoms with Crippen molar-refractivity contribution >= 4 is 63.6 Å². The van der Waals surface area contributed by atoms with Gasteiger partial charge in [0.15, 0.2) is 6.79 Å². The molecule has 2 aromatic rings. The summed E-state index contributed by atoms with van der Waals surface area (Å²) in [4.78, 5) is 12.2. The van der Waals surface area contributed by atoms with Crippen LogP contribution in [-0.2, 0) is 9.47 Å². The molecule has 2 aromatic carbocycles. The van der Waals surface area contributed by atoms with Gasteiger partial charge >= 0.3 is 29.0 Å². The standard InChI is InChI=1S/C17H17Cl2NO3.Mg.2H/c1-3-22-10-23-17(21)12-6-4-5-7-14(12)20-16-13(18)9-8-11(2)15(16)19;;;/h4-9,20H,3,10H2,1-2H3;;;. The highest BCUT2D eigenvalue weighted by molar-refractivity contribution is 6.39. The van der Waals surface area contributed by atoms with Crippen LogP contribution in [0.2, 0.25) is 10.0 Å². The number of carbonyl (C=O) groups is 1. The molecule has 2 rings (SSSR count). The Morgan fingerprint density at radius 2 is 1.88 bits per heavy atom. The van der Waals surface area contributed by atoms with E-state index in [2.05, 4.69) is 5.32 Å². The minimum atomic E-state index is -0.485. The molecule has 0 heterocycles. The fourth-order valence-corrected chi connectivity index (χ4v) is 2.40. The highest BCUT2D eigenvalue weighted by Gasteiger charge is 2.15. The molecule has 0 fully saturated rings. The molecule has 0 aliphatic rings.